The van der Waals surface area contributed by atoms with Crippen LogP contribution in [0, 0.1) is 0 Å². The second-order valence-corrected chi connectivity index (χ2v) is 14.7. The summed E-state index contributed by atoms with van der Waals surface area (Å²) in [6.45, 7) is 16.8. The van der Waals surface area contributed by atoms with E-state index in [1.807, 2.05) is 0 Å². The van der Waals surface area contributed by atoms with E-state index in [0.29, 0.717) is 13.1 Å². The molecule has 2 heterocycles. The number of carbonyl (C=O) groups excluding carboxylic acids is 2. The fourth-order valence-electron chi connectivity index (χ4n) is 5.72. The summed E-state index contributed by atoms with van der Waals surface area (Å²) in [5.41, 5.74) is 3.29. The molecule has 1 aliphatic heterocycles. The number of likely N-dealkylation sites (tertiary alicyclic amines) is 1. The molecule has 2 N–H and O–H groups in total. The first-order valence-electron chi connectivity index (χ1n) is 14.1. The fraction of sp³-hybridized carbons (Fsp3) is 0.645. The van der Waals surface area contributed by atoms with Crippen molar-refractivity contribution in [2.75, 3.05) is 19.7 Å². The van der Waals surface area contributed by atoms with Gasteiger partial charge in [-0.2, -0.15) is 0 Å². The van der Waals surface area contributed by atoms with E-state index in [9.17, 15) is 14.7 Å². The number of carbonyl (C=O) groups is 2. The van der Waals surface area contributed by atoms with Gasteiger partial charge in [0.2, 0.25) is 0 Å². The monoisotopic (exact) mass is 555 g/mol. The smallest absolute Gasteiger partial charge is 0.408 e. The molecule has 2 aliphatic rings. The number of aliphatic hydroxyl groups excluding tert-OH is 1. The molecular weight excluding hydrogens is 510 g/mol. The lowest BCUT2D eigenvalue weighted by molar-refractivity contribution is -0.140. The minimum absolute atomic E-state index is 0.153. The number of nitrogens with zero attached hydrogens (tertiary/aromatic N) is 2. The summed E-state index contributed by atoms with van der Waals surface area (Å²) in [6, 6.07) is 6.87. The zero-order valence-corrected chi connectivity index (χ0v) is 25.6. The van der Waals surface area contributed by atoms with Gasteiger partial charge in [0.1, 0.15) is 11.1 Å². The Bertz CT molecular complexity index is 1220. The van der Waals surface area contributed by atoms with Gasteiger partial charge in [0.05, 0.1) is 17.3 Å². The summed E-state index contributed by atoms with van der Waals surface area (Å²) in [7, 11) is 0. The van der Waals surface area contributed by atoms with Crippen LogP contribution in [0.5, 0.6) is 0 Å². The number of aromatic nitrogens is 1. The number of rotatable bonds is 5. The molecule has 1 saturated heterocycles. The van der Waals surface area contributed by atoms with E-state index in [1.54, 1.807) is 43.9 Å². The minimum Gasteiger partial charge on any atom is -0.444 e. The zero-order valence-electron chi connectivity index (χ0n) is 24.8. The molecule has 7 nitrogen and oxygen atoms in total. The molecule has 4 rings (SSSR count). The average molecular weight is 556 g/mol. The van der Waals surface area contributed by atoms with Crippen LogP contribution >= 0.6 is 11.3 Å². The van der Waals surface area contributed by atoms with Crippen molar-refractivity contribution in [3.63, 3.8) is 0 Å². The van der Waals surface area contributed by atoms with Crippen molar-refractivity contribution in [3.8, 4) is 11.3 Å². The highest BCUT2D eigenvalue weighted by Gasteiger charge is 2.41. The molecule has 1 aliphatic carbocycles. The molecule has 214 valence electrons. The van der Waals surface area contributed by atoms with Crippen molar-refractivity contribution in [1.29, 1.82) is 0 Å². The van der Waals surface area contributed by atoms with Gasteiger partial charge in [-0.1, -0.05) is 39.8 Å². The number of thiazole rings is 1. The largest absolute Gasteiger partial charge is 0.444 e. The van der Waals surface area contributed by atoms with E-state index in [4.69, 9.17) is 9.72 Å². The lowest BCUT2D eigenvalue weighted by Crippen LogP contribution is -2.61. The molecule has 0 saturated carbocycles. The van der Waals surface area contributed by atoms with Crippen LogP contribution in [-0.4, -0.2) is 57.8 Å². The van der Waals surface area contributed by atoms with Crippen molar-refractivity contribution < 1.29 is 19.4 Å². The first-order valence-corrected chi connectivity index (χ1v) is 14.9. The first-order chi connectivity index (χ1) is 18.0. The normalized spacial score (nSPS) is 20.6. The number of alkyl carbamates (subject to hydrolysis) is 1. The van der Waals surface area contributed by atoms with Crippen molar-refractivity contribution in [1.82, 2.24) is 15.2 Å². The molecule has 0 bridgehead atoms. The Morgan fingerprint density at radius 2 is 1.69 bits per heavy atom. The van der Waals surface area contributed by atoms with Gasteiger partial charge in [-0.3, -0.25) is 4.79 Å². The number of benzene rings is 1. The van der Waals surface area contributed by atoms with Gasteiger partial charge < -0.3 is 20.1 Å². The van der Waals surface area contributed by atoms with Crippen LogP contribution in [0.1, 0.15) is 103 Å². The average Bonchev–Trinajstić information content (AvgIpc) is 3.35. The number of hydrogen-bond donors (Lipinski definition) is 2. The molecular formula is C31H45N3O4S. The second-order valence-electron chi connectivity index (χ2n) is 13.8. The van der Waals surface area contributed by atoms with Crippen LogP contribution in [0.25, 0.3) is 11.3 Å². The number of ether oxygens (including phenoxy) is 1. The molecule has 1 fully saturated rings. The highest BCUT2D eigenvalue weighted by molar-refractivity contribution is 7.10. The van der Waals surface area contributed by atoms with Crippen LogP contribution in [0.4, 0.5) is 4.79 Å². The van der Waals surface area contributed by atoms with E-state index < -0.39 is 23.8 Å². The maximum atomic E-state index is 13.3. The van der Waals surface area contributed by atoms with Crippen LogP contribution in [-0.2, 0) is 20.4 Å². The number of fused-ring (bicyclic) bond motifs is 1. The topological polar surface area (TPSA) is 91.8 Å². The van der Waals surface area contributed by atoms with Crippen LogP contribution in [0.15, 0.2) is 23.6 Å². The van der Waals surface area contributed by atoms with Gasteiger partial charge in [0, 0.05) is 30.0 Å². The Morgan fingerprint density at radius 3 is 2.28 bits per heavy atom. The van der Waals surface area contributed by atoms with E-state index in [0.717, 1.165) is 23.5 Å². The molecule has 0 radical (unpaired) electrons. The van der Waals surface area contributed by atoms with Crippen molar-refractivity contribution in [3.05, 3.63) is 39.7 Å². The molecule has 0 spiro atoms. The molecule has 1 atom stereocenters. The third-order valence-corrected chi connectivity index (χ3v) is 9.37. The Balaban J connectivity index is 1.42. The predicted octanol–water partition coefficient (Wildman–Crippen LogP) is 6.14. The fourth-order valence-corrected chi connectivity index (χ4v) is 6.72. The molecule has 2 aromatic rings. The Labute approximate surface area is 237 Å². The number of piperidine rings is 1. The number of hydrogen-bond acceptors (Lipinski definition) is 6. The molecule has 2 amide bonds. The van der Waals surface area contributed by atoms with Crippen LogP contribution in [0.2, 0.25) is 0 Å². The van der Waals surface area contributed by atoms with Crippen molar-refractivity contribution >= 4 is 23.3 Å². The lowest BCUT2D eigenvalue weighted by atomic mass is 9.63. The number of aliphatic hydroxyl groups is 1. The first kappa shape index (κ1) is 29.5. The van der Waals surface area contributed by atoms with E-state index >= 15 is 0 Å². The maximum Gasteiger partial charge on any atom is 0.408 e. The summed E-state index contributed by atoms with van der Waals surface area (Å²) in [5.74, 6) is -0.0197. The maximum absolute atomic E-state index is 13.3. The summed E-state index contributed by atoms with van der Waals surface area (Å²) in [4.78, 5) is 32.4. The van der Waals surface area contributed by atoms with E-state index in [-0.39, 0.29) is 22.7 Å². The molecule has 8 heteroatoms. The van der Waals surface area contributed by atoms with Gasteiger partial charge in [-0.25, -0.2) is 9.78 Å². The summed E-state index contributed by atoms with van der Waals surface area (Å²) in [6.07, 6.45) is 3.24. The van der Waals surface area contributed by atoms with Gasteiger partial charge in [0.15, 0.2) is 0 Å². The van der Waals surface area contributed by atoms with E-state index in [1.165, 1.54) is 29.5 Å². The molecule has 39 heavy (non-hydrogen) atoms. The SMILES string of the molecule is CC(C)(C)OC(=O)NC(C)(CO)C(=O)N1CCC(c2nc(-c3ccc4c(c3)C(C)(C)CCC4(C)C)cs2)CC1. The van der Waals surface area contributed by atoms with Gasteiger partial charge in [-0.15, -0.1) is 11.3 Å². The van der Waals surface area contributed by atoms with Crippen LogP contribution < -0.4 is 5.32 Å². The zero-order chi connectivity index (χ0) is 28.8. The van der Waals surface area contributed by atoms with Gasteiger partial charge in [-0.05, 0) is 81.4 Å². The van der Waals surface area contributed by atoms with Gasteiger partial charge >= 0.3 is 6.09 Å². The quantitative estimate of drug-likeness (QED) is 0.462. The van der Waals surface area contributed by atoms with E-state index in [2.05, 4.69) is 56.6 Å². The third kappa shape index (κ3) is 6.32. The predicted molar refractivity (Wildman–Crippen MR) is 156 cm³/mol. The summed E-state index contributed by atoms with van der Waals surface area (Å²) >= 11 is 1.69. The highest BCUT2D eigenvalue weighted by atomic mass is 32.1. The second kappa shape index (κ2) is 10.5. The summed E-state index contributed by atoms with van der Waals surface area (Å²) < 4.78 is 5.30. The molecule has 1 aromatic carbocycles. The third-order valence-electron chi connectivity index (χ3n) is 8.37. The Hall–Kier alpha value is -2.45. The summed E-state index contributed by atoms with van der Waals surface area (Å²) in [5, 5.41) is 15.8. The van der Waals surface area contributed by atoms with Gasteiger partial charge in [0.25, 0.3) is 5.91 Å². The van der Waals surface area contributed by atoms with Crippen LogP contribution in [0.3, 0.4) is 0 Å². The number of amides is 2. The minimum atomic E-state index is -1.43. The Kier molecular flexibility index (Phi) is 7.96. The van der Waals surface area contributed by atoms with Crippen molar-refractivity contribution in [2.45, 2.75) is 109 Å². The standard InChI is InChI=1S/C31H45N3O4S/c1-28(2,3)38-27(37)33-31(8,19-35)26(36)34-15-11-20(12-16-34)25-32-24(18-39-25)21-9-10-22-23(17-21)30(6,7)14-13-29(22,4)5/h9-10,17-18,20,35H,11-16,19H2,1-8H3,(H,33,37). The lowest BCUT2D eigenvalue weighted by Gasteiger charge is -2.42. The molecule has 1 unspecified atom stereocenters. The molecule has 1 aromatic heterocycles. The number of nitrogens with one attached hydrogen (secondary N) is 1. The van der Waals surface area contributed by atoms with Crippen molar-refractivity contribution in [2.24, 2.45) is 0 Å². The highest BCUT2D eigenvalue weighted by Crippen LogP contribution is 2.47. The Morgan fingerprint density at radius 1 is 1.08 bits per heavy atom.